The van der Waals surface area contributed by atoms with Crippen molar-refractivity contribution in [2.24, 2.45) is 5.92 Å². The molecule has 3 heteroatoms. The number of hydrogen-bond acceptors (Lipinski definition) is 3. The summed E-state index contributed by atoms with van der Waals surface area (Å²) in [4.78, 5) is 6.74. The van der Waals surface area contributed by atoms with Gasteiger partial charge in [0.05, 0.1) is 5.69 Å². The van der Waals surface area contributed by atoms with Crippen LogP contribution in [-0.4, -0.2) is 36.1 Å². The van der Waals surface area contributed by atoms with Gasteiger partial charge in [0.15, 0.2) is 0 Å². The molecule has 1 aliphatic rings. The van der Waals surface area contributed by atoms with Crippen LogP contribution >= 0.6 is 0 Å². The number of likely N-dealkylation sites (tertiary alicyclic amines) is 1. The van der Waals surface area contributed by atoms with Gasteiger partial charge in [-0.25, -0.2) is 0 Å². The van der Waals surface area contributed by atoms with E-state index < -0.39 is 0 Å². The molecule has 1 fully saturated rings. The number of pyridine rings is 1. The molecule has 1 saturated heterocycles. The average molecular weight is 219 g/mol. The first-order chi connectivity index (χ1) is 7.75. The minimum atomic E-state index is 0.637. The molecular formula is C13H21N3. The van der Waals surface area contributed by atoms with Gasteiger partial charge in [-0.3, -0.25) is 4.98 Å². The second kappa shape index (κ2) is 5.41. The number of hydrogen-bond donors (Lipinski definition) is 1. The van der Waals surface area contributed by atoms with Crippen LogP contribution in [0.15, 0.2) is 24.4 Å². The van der Waals surface area contributed by atoms with Crippen LogP contribution in [0.25, 0.3) is 0 Å². The SMILES string of the molecule is CC1CN(C)CCC1NCc1ccccn1. The molecule has 2 heterocycles. The quantitative estimate of drug-likeness (QED) is 0.835. The van der Waals surface area contributed by atoms with Crippen LogP contribution in [-0.2, 0) is 6.54 Å². The zero-order chi connectivity index (χ0) is 11.4. The number of aromatic nitrogens is 1. The molecule has 3 nitrogen and oxygen atoms in total. The summed E-state index contributed by atoms with van der Waals surface area (Å²) in [6, 6.07) is 6.72. The normalized spacial score (nSPS) is 26.9. The molecule has 1 aliphatic heterocycles. The second-order valence-electron chi connectivity index (χ2n) is 4.84. The Balaban J connectivity index is 1.82. The van der Waals surface area contributed by atoms with Crippen LogP contribution in [0.2, 0.25) is 0 Å². The topological polar surface area (TPSA) is 28.2 Å². The third kappa shape index (κ3) is 3.03. The Labute approximate surface area is 97.9 Å². The second-order valence-corrected chi connectivity index (χ2v) is 4.84. The fourth-order valence-corrected chi connectivity index (χ4v) is 2.40. The molecule has 0 spiro atoms. The Hall–Kier alpha value is -0.930. The van der Waals surface area contributed by atoms with E-state index in [0.29, 0.717) is 6.04 Å². The molecule has 0 aliphatic carbocycles. The lowest BCUT2D eigenvalue weighted by molar-refractivity contribution is 0.174. The van der Waals surface area contributed by atoms with E-state index in [2.05, 4.69) is 35.2 Å². The standard InChI is InChI=1S/C13H21N3/c1-11-10-16(2)8-6-13(11)15-9-12-5-3-4-7-14-12/h3-5,7,11,13,15H,6,8-10H2,1-2H3. The van der Waals surface area contributed by atoms with Crippen LogP contribution in [0.4, 0.5) is 0 Å². The zero-order valence-corrected chi connectivity index (χ0v) is 10.2. The van der Waals surface area contributed by atoms with E-state index in [0.717, 1.165) is 18.2 Å². The van der Waals surface area contributed by atoms with Crippen molar-refractivity contribution in [2.45, 2.75) is 25.9 Å². The van der Waals surface area contributed by atoms with Gasteiger partial charge in [-0.2, -0.15) is 0 Å². The fourth-order valence-electron chi connectivity index (χ4n) is 2.40. The Morgan fingerprint density at radius 2 is 2.38 bits per heavy atom. The summed E-state index contributed by atoms with van der Waals surface area (Å²) in [6.07, 6.45) is 3.10. The predicted octanol–water partition coefficient (Wildman–Crippen LogP) is 1.51. The maximum Gasteiger partial charge on any atom is 0.0541 e. The van der Waals surface area contributed by atoms with E-state index in [1.54, 1.807) is 0 Å². The van der Waals surface area contributed by atoms with Crippen molar-refractivity contribution in [1.82, 2.24) is 15.2 Å². The van der Waals surface area contributed by atoms with E-state index >= 15 is 0 Å². The largest absolute Gasteiger partial charge is 0.308 e. The number of nitrogens with zero attached hydrogens (tertiary/aromatic N) is 2. The van der Waals surface area contributed by atoms with E-state index in [-0.39, 0.29) is 0 Å². The molecule has 2 rings (SSSR count). The van der Waals surface area contributed by atoms with Crippen LogP contribution in [0.1, 0.15) is 19.0 Å². The molecule has 16 heavy (non-hydrogen) atoms. The molecule has 2 unspecified atom stereocenters. The minimum absolute atomic E-state index is 0.637. The summed E-state index contributed by atoms with van der Waals surface area (Å²) in [7, 11) is 2.20. The number of piperidine rings is 1. The summed E-state index contributed by atoms with van der Waals surface area (Å²) < 4.78 is 0. The van der Waals surface area contributed by atoms with E-state index in [4.69, 9.17) is 0 Å². The molecule has 0 radical (unpaired) electrons. The molecule has 1 aromatic heterocycles. The molecule has 1 N–H and O–H groups in total. The van der Waals surface area contributed by atoms with Gasteiger partial charge in [0.2, 0.25) is 0 Å². The van der Waals surface area contributed by atoms with E-state index in [1.807, 2.05) is 18.3 Å². The highest BCUT2D eigenvalue weighted by Gasteiger charge is 2.23. The maximum absolute atomic E-state index is 4.33. The van der Waals surface area contributed by atoms with Gasteiger partial charge >= 0.3 is 0 Å². The lowest BCUT2D eigenvalue weighted by atomic mass is 9.94. The molecule has 2 atom stereocenters. The number of rotatable bonds is 3. The smallest absolute Gasteiger partial charge is 0.0541 e. The Morgan fingerprint density at radius 1 is 1.50 bits per heavy atom. The van der Waals surface area contributed by atoms with Gasteiger partial charge in [-0.1, -0.05) is 13.0 Å². The van der Waals surface area contributed by atoms with Crippen molar-refractivity contribution >= 4 is 0 Å². The van der Waals surface area contributed by atoms with Crippen molar-refractivity contribution in [3.63, 3.8) is 0 Å². The first-order valence-corrected chi connectivity index (χ1v) is 6.07. The lowest BCUT2D eigenvalue weighted by Crippen LogP contribution is -2.46. The molecule has 0 saturated carbocycles. The molecule has 0 bridgehead atoms. The monoisotopic (exact) mass is 219 g/mol. The number of nitrogens with one attached hydrogen (secondary N) is 1. The van der Waals surface area contributed by atoms with E-state index in [9.17, 15) is 0 Å². The molecule has 0 aromatic carbocycles. The first-order valence-electron chi connectivity index (χ1n) is 6.07. The highest BCUT2D eigenvalue weighted by molar-refractivity contribution is 5.03. The summed E-state index contributed by atoms with van der Waals surface area (Å²) in [5, 5.41) is 3.62. The van der Waals surface area contributed by atoms with Gasteiger partial charge in [0.25, 0.3) is 0 Å². The highest BCUT2D eigenvalue weighted by Crippen LogP contribution is 2.15. The predicted molar refractivity (Wildman–Crippen MR) is 66.1 cm³/mol. The van der Waals surface area contributed by atoms with Gasteiger partial charge < -0.3 is 10.2 Å². The van der Waals surface area contributed by atoms with Gasteiger partial charge in [0.1, 0.15) is 0 Å². The van der Waals surface area contributed by atoms with Crippen LogP contribution in [0.3, 0.4) is 0 Å². The summed E-state index contributed by atoms with van der Waals surface area (Å²) in [5.74, 6) is 0.725. The van der Waals surface area contributed by atoms with Gasteiger partial charge in [0, 0.05) is 25.3 Å². The van der Waals surface area contributed by atoms with Crippen molar-refractivity contribution in [3.8, 4) is 0 Å². The Morgan fingerprint density at radius 3 is 3.06 bits per heavy atom. The molecule has 88 valence electrons. The Bertz CT molecular complexity index is 312. The fraction of sp³-hybridized carbons (Fsp3) is 0.615. The molecule has 1 aromatic rings. The lowest BCUT2D eigenvalue weighted by Gasteiger charge is -2.35. The summed E-state index contributed by atoms with van der Waals surface area (Å²) >= 11 is 0. The third-order valence-corrected chi connectivity index (χ3v) is 3.38. The first kappa shape index (κ1) is 11.6. The van der Waals surface area contributed by atoms with Gasteiger partial charge in [-0.05, 0) is 38.1 Å². The van der Waals surface area contributed by atoms with Crippen molar-refractivity contribution in [1.29, 1.82) is 0 Å². The van der Waals surface area contributed by atoms with Crippen LogP contribution in [0.5, 0.6) is 0 Å². The van der Waals surface area contributed by atoms with Crippen molar-refractivity contribution < 1.29 is 0 Å². The minimum Gasteiger partial charge on any atom is -0.308 e. The van der Waals surface area contributed by atoms with Crippen LogP contribution in [0, 0.1) is 5.92 Å². The highest BCUT2D eigenvalue weighted by atomic mass is 15.1. The van der Waals surface area contributed by atoms with Gasteiger partial charge in [-0.15, -0.1) is 0 Å². The van der Waals surface area contributed by atoms with Crippen LogP contribution < -0.4 is 5.32 Å². The maximum atomic E-state index is 4.33. The summed E-state index contributed by atoms with van der Waals surface area (Å²) in [5.41, 5.74) is 1.13. The molecular weight excluding hydrogens is 198 g/mol. The van der Waals surface area contributed by atoms with Crippen molar-refractivity contribution in [2.75, 3.05) is 20.1 Å². The average Bonchev–Trinajstić information content (AvgIpc) is 2.29. The third-order valence-electron chi connectivity index (χ3n) is 3.38. The van der Waals surface area contributed by atoms with Crippen molar-refractivity contribution in [3.05, 3.63) is 30.1 Å². The Kier molecular flexibility index (Phi) is 3.91. The zero-order valence-electron chi connectivity index (χ0n) is 10.2. The summed E-state index contributed by atoms with van der Waals surface area (Å²) in [6.45, 7) is 5.61. The molecule has 0 amide bonds. The van der Waals surface area contributed by atoms with E-state index in [1.165, 1.54) is 19.5 Å².